The zero-order chi connectivity index (χ0) is 19.4. The molecule has 1 aromatic carbocycles. The summed E-state index contributed by atoms with van der Waals surface area (Å²) in [6, 6.07) is 10.1. The molecule has 144 valence electrons. The fourth-order valence-corrected chi connectivity index (χ4v) is 5.15. The van der Waals surface area contributed by atoms with Crippen LogP contribution in [0.4, 0.5) is 0 Å². The molecule has 0 spiro atoms. The number of carbonyl (C=O) groups is 1. The number of fused-ring (bicyclic) bond motifs is 5. The molecule has 7 heteroatoms. The number of carboxylic acids is 1. The first kappa shape index (κ1) is 17.5. The van der Waals surface area contributed by atoms with Gasteiger partial charge in [0.1, 0.15) is 6.04 Å². The average molecular weight is 398 g/mol. The number of aromatic amines is 1. The van der Waals surface area contributed by atoms with E-state index in [-0.39, 0.29) is 17.4 Å². The van der Waals surface area contributed by atoms with Crippen LogP contribution >= 0.6 is 11.6 Å². The van der Waals surface area contributed by atoms with Crippen molar-refractivity contribution in [3.05, 3.63) is 69.2 Å². The second kappa shape index (κ2) is 6.50. The fraction of sp³-hybridized carbons (Fsp3) is 0.333. The van der Waals surface area contributed by atoms with E-state index in [4.69, 9.17) is 11.6 Å². The Bertz CT molecular complexity index is 1140. The zero-order valence-corrected chi connectivity index (χ0v) is 15.9. The van der Waals surface area contributed by atoms with Crippen molar-refractivity contribution >= 4 is 28.5 Å². The smallest absolute Gasteiger partial charge is 0.325 e. The summed E-state index contributed by atoms with van der Waals surface area (Å²) in [7, 11) is 0. The number of benzene rings is 1. The highest BCUT2D eigenvalue weighted by Crippen LogP contribution is 2.39. The fourth-order valence-electron chi connectivity index (χ4n) is 4.98. The van der Waals surface area contributed by atoms with E-state index < -0.39 is 12.0 Å². The molecule has 2 aliphatic heterocycles. The van der Waals surface area contributed by atoms with Gasteiger partial charge in [-0.3, -0.25) is 14.5 Å². The Morgan fingerprint density at radius 1 is 1.21 bits per heavy atom. The molecule has 0 radical (unpaired) electrons. The second-order valence-electron chi connectivity index (χ2n) is 7.83. The summed E-state index contributed by atoms with van der Waals surface area (Å²) in [5.74, 6) is -0.419. The highest BCUT2D eigenvalue weighted by molar-refractivity contribution is 6.31. The number of piperidine rings is 1. The third kappa shape index (κ3) is 2.75. The molecule has 5 rings (SSSR count). The Hall–Kier alpha value is -2.57. The minimum Gasteiger partial charge on any atom is -0.480 e. The standard InChI is InChI=1S/C21H20ClN3O3/c22-14-4-5-15-16(8-23-17(15)7-14)20(21(27)28)24-9-12-6-13(11-24)18-2-1-3-19(26)25(18)10-12/h1-5,7-8,12-13,20,23H,6,9-11H2,(H,27,28)/t12-,13-,20?/m1/s1. The predicted octanol–water partition coefficient (Wildman–Crippen LogP) is 3.23. The van der Waals surface area contributed by atoms with E-state index in [9.17, 15) is 14.7 Å². The first-order valence-electron chi connectivity index (χ1n) is 9.44. The lowest BCUT2D eigenvalue weighted by atomic mass is 9.82. The van der Waals surface area contributed by atoms with Crippen molar-refractivity contribution in [1.29, 1.82) is 0 Å². The Morgan fingerprint density at radius 2 is 2.07 bits per heavy atom. The first-order chi connectivity index (χ1) is 13.5. The Labute approximate surface area is 166 Å². The Balaban J connectivity index is 1.54. The molecular formula is C21H20ClN3O3. The normalized spacial score (nSPS) is 22.8. The van der Waals surface area contributed by atoms with Crippen LogP contribution in [0.1, 0.15) is 29.6 Å². The quantitative estimate of drug-likeness (QED) is 0.711. The Morgan fingerprint density at radius 3 is 2.89 bits per heavy atom. The number of likely N-dealkylation sites (tertiary alicyclic amines) is 1. The van der Waals surface area contributed by atoms with Gasteiger partial charge in [0, 0.05) is 65.0 Å². The average Bonchev–Trinajstić information content (AvgIpc) is 3.05. The van der Waals surface area contributed by atoms with Crippen LogP contribution in [0.5, 0.6) is 0 Å². The maximum absolute atomic E-state index is 12.3. The van der Waals surface area contributed by atoms with Crippen molar-refractivity contribution in [3.63, 3.8) is 0 Å². The van der Waals surface area contributed by atoms with Gasteiger partial charge >= 0.3 is 5.97 Å². The van der Waals surface area contributed by atoms with Gasteiger partial charge in [-0.1, -0.05) is 23.7 Å². The van der Waals surface area contributed by atoms with Crippen molar-refractivity contribution in [2.24, 2.45) is 5.92 Å². The maximum Gasteiger partial charge on any atom is 0.325 e. The molecule has 2 bridgehead atoms. The number of pyridine rings is 1. The summed E-state index contributed by atoms with van der Waals surface area (Å²) in [6.07, 6.45) is 2.78. The molecule has 1 fully saturated rings. The number of hydrogen-bond donors (Lipinski definition) is 2. The van der Waals surface area contributed by atoms with Gasteiger partial charge in [0.2, 0.25) is 0 Å². The van der Waals surface area contributed by atoms with Crippen LogP contribution in [-0.2, 0) is 11.3 Å². The second-order valence-corrected chi connectivity index (χ2v) is 8.26. The van der Waals surface area contributed by atoms with Crippen molar-refractivity contribution in [2.75, 3.05) is 13.1 Å². The van der Waals surface area contributed by atoms with Crippen LogP contribution < -0.4 is 5.56 Å². The molecule has 28 heavy (non-hydrogen) atoms. The van der Waals surface area contributed by atoms with Crippen molar-refractivity contribution in [1.82, 2.24) is 14.5 Å². The Kier molecular flexibility index (Phi) is 4.07. The predicted molar refractivity (Wildman–Crippen MR) is 107 cm³/mol. The highest BCUT2D eigenvalue weighted by Gasteiger charge is 2.40. The van der Waals surface area contributed by atoms with Gasteiger partial charge in [-0.2, -0.15) is 0 Å². The molecule has 0 aliphatic carbocycles. The van der Waals surface area contributed by atoms with Gasteiger partial charge < -0.3 is 14.7 Å². The molecule has 3 aromatic rings. The van der Waals surface area contributed by atoms with E-state index >= 15 is 0 Å². The molecule has 2 aliphatic rings. The number of hydrogen-bond acceptors (Lipinski definition) is 3. The van der Waals surface area contributed by atoms with Crippen LogP contribution in [0.25, 0.3) is 10.9 Å². The number of halogens is 1. The molecule has 1 saturated heterocycles. The molecule has 4 heterocycles. The topological polar surface area (TPSA) is 78.3 Å². The van der Waals surface area contributed by atoms with E-state index in [1.165, 1.54) is 0 Å². The van der Waals surface area contributed by atoms with Gasteiger partial charge in [-0.25, -0.2) is 0 Å². The van der Waals surface area contributed by atoms with E-state index in [0.29, 0.717) is 24.7 Å². The summed E-state index contributed by atoms with van der Waals surface area (Å²) >= 11 is 6.07. The summed E-state index contributed by atoms with van der Waals surface area (Å²) in [6.45, 7) is 1.93. The maximum atomic E-state index is 12.3. The van der Waals surface area contributed by atoms with E-state index in [1.54, 1.807) is 24.4 Å². The third-order valence-corrected chi connectivity index (χ3v) is 6.31. The minimum absolute atomic E-state index is 0.0314. The first-order valence-corrected chi connectivity index (χ1v) is 9.82. The van der Waals surface area contributed by atoms with Gasteiger partial charge in [0.15, 0.2) is 0 Å². The zero-order valence-electron chi connectivity index (χ0n) is 15.1. The molecule has 2 aromatic heterocycles. The molecule has 2 N–H and O–H groups in total. The number of aromatic nitrogens is 2. The van der Waals surface area contributed by atoms with Crippen molar-refractivity contribution in [3.8, 4) is 0 Å². The lowest BCUT2D eigenvalue weighted by Gasteiger charge is -2.44. The summed E-state index contributed by atoms with van der Waals surface area (Å²) < 4.78 is 1.86. The summed E-state index contributed by atoms with van der Waals surface area (Å²) in [5.41, 5.74) is 2.64. The molecule has 1 unspecified atom stereocenters. The van der Waals surface area contributed by atoms with Gasteiger partial charge in [-0.15, -0.1) is 0 Å². The number of nitrogens with one attached hydrogen (secondary N) is 1. The van der Waals surface area contributed by atoms with Crippen LogP contribution in [0.3, 0.4) is 0 Å². The summed E-state index contributed by atoms with van der Waals surface area (Å²) in [5, 5.41) is 11.6. The molecular weight excluding hydrogens is 378 g/mol. The monoisotopic (exact) mass is 397 g/mol. The molecule has 0 amide bonds. The van der Waals surface area contributed by atoms with Crippen LogP contribution in [-0.4, -0.2) is 38.6 Å². The number of nitrogens with zero attached hydrogens (tertiary/aromatic N) is 2. The lowest BCUT2D eigenvalue weighted by Crippen LogP contribution is -2.49. The van der Waals surface area contributed by atoms with Gasteiger partial charge in [0.05, 0.1) is 0 Å². The number of rotatable bonds is 3. The molecule has 6 nitrogen and oxygen atoms in total. The third-order valence-electron chi connectivity index (χ3n) is 6.08. The number of H-pyrrole nitrogens is 1. The van der Waals surface area contributed by atoms with Crippen LogP contribution in [0, 0.1) is 5.92 Å². The van der Waals surface area contributed by atoms with Gasteiger partial charge in [0.25, 0.3) is 5.56 Å². The lowest BCUT2D eigenvalue weighted by molar-refractivity contribution is -0.144. The van der Waals surface area contributed by atoms with Crippen molar-refractivity contribution < 1.29 is 9.90 Å². The van der Waals surface area contributed by atoms with Crippen molar-refractivity contribution in [2.45, 2.75) is 24.9 Å². The van der Waals surface area contributed by atoms with E-state index in [1.807, 2.05) is 22.8 Å². The molecule has 0 saturated carbocycles. The van der Waals surface area contributed by atoms with Crippen LogP contribution in [0.2, 0.25) is 5.02 Å². The minimum atomic E-state index is -0.860. The van der Waals surface area contributed by atoms with E-state index in [2.05, 4.69) is 9.88 Å². The highest BCUT2D eigenvalue weighted by atomic mass is 35.5. The number of carboxylic acid groups (broad SMARTS) is 1. The number of aliphatic carboxylic acids is 1. The van der Waals surface area contributed by atoms with Crippen LogP contribution in [0.15, 0.2) is 47.4 Å². The SMILES string of the molecule is O=C(O)C(c1c[nH]c2cc(Cl)ccc12)N1C[C@H]2C[C@H](C1)c1cccc(=O)n1C2. The molecule has 3 atom stereocenters. The van der Waals surface area contributed by atoms with E-state index in [0.717, 1.165) is 28.6 Å². The summed E-state index contributed by atoms with van der Waals surface area (Å²) in [4.78, 5) is 29.7. The van der Waals surface area contributed by atoms with Gasteiger partial charge in [-0.05, 0) is 30.5 Å². The largest absolute Gasteiger partial charge is 0.480 e.